The zero-order valence-electron chi connectivity index (χ0n) is 19.0. The highest BCUT2D eigenvalue weighted by Gasteiger charge is 2.38. The number of sulfone groups is 1. The molecular weight excluding hydrogens is 486 g/mol. The van der Waals surface area contributed by atoms with Crippen LogP contribution in [0.4, 0.5) is 17.6 Å². The van der Waals surface area contributed by atoms with Crippen LogP contribution in [-0.4, -0.2) is 29.0 Å². The van der Waals surface area contributed by atoms with Gasteiger partial charge in [-0.05, 0) is 59.5 Å². The molecule has 0 aliphatic carbocycles. The van der Waals surface area contributed by atoms with Crippen molar-refractivity contribution in [3.63, 3.8) is 0 Å². The van der Waals surface area contributed by atoms with E-state index in [1.54, 1.807) is 20.0 Å². The van der Waals surface area contributed by atoms with E-state index in [1.807, 2.05) is 0 Å². The Kier molecular flexibility index (Phi) is 6.08. The third-order valence-electron chi connectivity index (χ3n) is 5.56. The molecule has 0 aliphatic heterocycles. The van der Waals surface area contributed by atoms with Gasteiger partial charge in [0.1, 0.15) is 5.82 Å². The molecule has 11 heteroatoms. The van der Waals surface area contributed by atoms with Crippen molar-refractivity contribution >= 4 is 20.7 Å². The standard InChI is InChI=1S/C24H21F4N3O3S/c1-14-8-17(12-30(2)23(14)32)16-9-18(13-35(3,33)34)21-20(10-16)31(29-22(21)24(26,27)28)11-15-4-6-19(25)7-5-15/h4-10,12H,11,13H2,1-3H3. The summed E-state index contributed by atoms with van der Waals surface area (Å²) in [7, 11) is -2.16. The van der Waals surface area contributed by atoms with Gasteiger partial charge < -0.3 is 4.57 Å². The molecule has 2 aromatic carbocycles. The molecule has 0 saturated heterocycles. The largest absolute Gasteiger partial charge is 0.435 e. The van der Waals surface area contributed by atoms with Crippen molar-refractivity contribution in [2.24, 2.45) is 7.05 Å². The van der Waals surface area contributed by atoms with Gasteiger partial charge in [-0.1, -0.05) is 12.1 Å². The number of hydrogen-bond acceptors (Lipinski definition) is 4. The molecule has 2 aromatic heterocycles. The van der Waals surface area contributed by atoms with Gasteiger partial charge in [0.05, 0.1) is 17.8 Å². The molecule has 184 valence electrons. The second kappa shape index (κ2) is 8.63. The highest BCUT2D eigenvalue weighted by atomic mass is 32.2. The van der Waals surface area contributed by atoms with Gasteiger partial charge in [-0.3, -0.25) is 9.48 Å². The van der Waals surface area contributed by atoms with Gasteiger partial charge in [-0.25, -0.2) is 12.8 Å². The van der Waals surface area contributed by atoms with Crippen LogP contribution in [0.2, 0.25) is 0 Å². The van der Waals surface area contributed by atoms with Crippen LogP contribution in [0.1, 0.15) is 22.4 Å². The van der Waals surface area contributed by atoms with Gasteiger partial charge in [-0.2, -0.15) is 18.3 Å². The van der Waals surface area contributed by atoms with Crippen molar-refractivity contribution in [1.29, 1.82) is 0 Å². The molecule has 4 aromatic rings. The molecular formula is C24H21F4N3O3S. The Morgan fingerprint density at radius 3 is 2.26 bits per heavy atom. The van der Waals surface area contributed by atoms with E-state index in [0.29, 0.717) is 22.3 Å². The van der Waals surface area contributed by atoms with Crippen LogP contribution in [0.5, 0.6) is 0 Å². The lowest BCUT2D eigenvalue weighted by atomic mass is 9.99. The maximum atomic E-state index is 14.0. The molecule has 0 radical (unpaired) electrons. The quantitative estimate of drug-likeness (QED) is 0.374. The number of benzene rings is 2. The fourth-order valence-corrected chi connectivity index (χ4v) is 4.86. The Morgan fingerprint density at radius 2 is 1.69 bits per heavy atom. The molecule has 0 aliphatic rings. The number of fused-ring (bicyclic) bond motifs is 1. The Hall–Kier alpha value is -3.47. The first-order valence-electron chi connectivity index (χ1n) is 10.4. The monoisotopic (exact) mass is 507 g/mol. The molecule has 0 fully saturated rings. The molecule has 2 heterocycles. The first-order chi connectivity index (χ1) is 16.2. The lowest BCUT2D eigenvalue weighted by molar-refractivity contribution is -0.140. The van der Waals surface area contributed by atoms with Crippen LogP contribution in [0.25, 0.3) is 22.0 Å². The zero-order valence-corrected chi connectivity index (χ0v) is 19.8. The Bertz CT molecular complexity index is 1580. The zero-order chi connectivity index (χ0) is 25.7. The maximum Gasteiger partial charge on any atom is 0.435 e. The molecule has 0 bridgehead atoms. The van der Waals surface area contributed by atoms with Crippen molar-refractivity contribution in [3.8, 4) is 11.1 Å². The molecule has 4 rings (SSSR count). The minimum atomic E-state index is -4.84. The summed E-state index contributed by atoms with van der Waals surface area (Å²) in [6.45, 7) is 1.52. The van der Waals surface area contributed by atoms with Gasteiger partial charge >= 0.3 is 6.18 Å². The van der Waals surface area contributed by atoms with Gasteiger partial charge in [-0.15, -0.1) is 0 Å². The smallest absolute Gasteiger partial charge is 0.318 e. The normalized spacial score (nSPS) is 12.4. The van der Waals surface area contributed by atoms with E-state index in [2.05, 4.69) is 5.10 Å². The topological polar surface area (TPSA) is 74.0 Å². The van der Waals surface area contributed by atoms with Crippen LogP contribution in [0.3, 0.4) is 0 Å². The number of halogens is 4. The van der Waals surface area contributed by atoms with Crippen LogP contribution >= 0.6 is 0 Å². The molecule has 6 nitrogen and oxygen atoms in total. The molecule has 0 spiro atoms. The first-order valence-corrected chi connectivity index (χ1v) is 12.5. The van der Waals surface area contributed by atoms with E-state index >= 15 is 0 Å². The van der Waals surface area contributed by atoms with Gasteiger partial charge in [0.25, 0.3) is 5.56 Å². The summed E-state index contributed by atoms with van der Waals surface area (Å²) in [4.78, 5) is 12.1. The van der Waals surface area contributed by atoms with E-state index in [0.717, 1.165) is 10.9 Å². The van der Waals surface area contributed by atoms with Crippen LogP contribution in [-0.2, 0) is 35.4 Å². The van der Waals surface area contributed by atoms with Crippen molar-refractivity contribution in [1.82, 2.24) is 14.3 Å². The number of hydrogen-bond donors (Lipinski definition) is 0. The molecule has 0 atom stereocenters. The second-order valence-electron chi connectivity index (χ2n) is 8.56. The van der Waals surface area contributed by atoms with Crippen molar-refractivity contribution in [3.05, 3.63) is 87.2 Å². The van der Waals surface area contributed by atoms with E-state index in [-0.39, 0.29) is 28.6 Å². The average Bonchev–Trinajstić information content (AvgIpc) is 3.11. The second-order valence-corrected chi connectivity index (χ2v) is 10.7. The number of alkyl halides is 3. The highest BCUT2D eigenvalue weighted by Crippen LogP contribution is 2.39. The van der Waals surface area contributed by atoms with Crippen molar-refractivity contribution in [2.75, 3.05) is 6.26 Å². The maximum absolute atomic E-state index is 14.0. The average molecular weight is 508 g/mol. The minimum absolute atomic E-state index is 0.0517. The fraction of sp³-hybridized carbons (Fsp3) is 0.250. The first kappa shape index (κ1) is 24.6. The van der Waals surface area contributed by atoms with E-state index in [4.69, 9.17) is 0 Å². The van der Waals surface area contributed by atoms with Crippen LogP contribution < -0.4 is 5.56 Å². The minimum Gasteiger partial charge on any atom is -0.318 e. The van der Waals surface area contributed by atoms with Crippen LogP contribution in [0.15, 0.2) is 53.5 Å². The summed E-state index contributed by atoms with van der Waals surface area (Å²) in [5, 5.41) is 3.49. The highest BCUT2D eigenvalue weighted by molar-refractivity contribution is 7.89. The third kappa shape index (κ3) is 5.14. The molecule has 35 heavy (non-hydrogen) atoms. The van der Waals surface area contributed by atoms with Crippen molar-refractivity contribution < 1.29 is 26.0 Å². The third-order valence-corrected chi connectivity index (χ3v) is 6.40. The Balaban J connectivity index is 2.04. The number of aryl methyl sites for hydroxylation is 2. The number of aromatic nitrogens is 3. The Labute approximate surface area is 198 Å². The van der Waals surface area contributed by atoms with E-state index in [1.165, 1.54) is 47.2 Å². The predicted octanol–water partition coefficient (Wildman–Crippen LogP) is 4.46. The lowest BCUT2D eigenvalue weighted by Gasteiger charge is -2.12. The predicted molar refractivity (Wildman–Crippen MR) is 124 cm³/mol. The number of nitrogens with zero attached hydrogens (tertiary/aromatic N) is 3. The molecule has 0 unspecified atom stereocenters. The summed E-state index contributed by atoms with van der Waals surface area (Å²) in [6.07, 6.45) is -2.36. The summed E-state index contributed by atoms with van der Waals surface area (Å²) in [5.74, 6) is -1.12. The summed E-state index contributed by atoms with van der Waals surface area (Å²) < 4.78 is 82.1. The van der Waals surface area contributed by atoms with Crippen molar-refractivity contribution in [2.45, 2.75) is 25.4 Å². The number of rotatable bonds is 5. The SMILES string of the molecule is Cc1cc(-c2cc(CS(C)(=O)=O)c3c(C(F)(F)F)nn(Cc4ccc(F)cc4)c3c2)cn(C)c1=O. The molecule has 0 saturated carbocycles. The fourth-order valence-electron chi connectivity index (χ4n) is 4.07. The lowest BCUT2D eigenvalue weighted by Crippen LogP contribution is -2.18. The summed E-state index contributed by atoms with van der Waals surface area (Å²) in [6, 6.07) is 9.74. The van der Waals surface area contributed by atoms with Crippen LogP contribution in [0, 0.1) is 12.7 Å². The summed E-state index contributed by atoms with van der Waals surface area (Å²) in [5.41, 5.74) is 0.494. The molecule has 0 amide bonds. The summed E-state index contributed by atoms with van der Waals surface area (Å²) >= 11 is 0. The number of pyridine rings is 1. The van der Waals surface area contributed by atoms with Gasteiger partial charge in [0.2, 0.25) is 0 Å². The van der Waals surface area contributed by atoms with Gasteiger partial charge in [0, 0.05) is 30.4 Å². The van der Waals surface area contributed by atoms with E-state index < -0.39 is 33.3 Å². The van der Waals surface area contributed by atoms with E-state index in [9.17, 15) is 30.8 Å². The molecule has 0 N–H and O–H groups in total. The Morgan fingerprint density at radius 1 is 1.03 bits per heavy atom. The van der Waals surface area contributed by atoms with Gasteiger partial charge in [0.15, 0.2) is 15.5 Å².